The van der Waals surface area contributed by atoms with Gasteiger partial charge in [0, 0.05) is 31.1 Å². The number of carbonyl (C=O) groups is 1. The Bertz CT molecular complexity index is 981. The van der Waals surface area contributed by atoms with Crippen LogP contribution in [0.1, 0.15) is 19.8 Å². The number of hydrogen-bond acceptors (Lipinski definition) is 5. The van der Waals surface area contributed by atoms with Crippen LogP contribution in [0.15, 0.2) is 42.5 Å². The van der Waals surface area contributed by atoms with Crippen molar-refractivity contribution in [1.82, 2.24) is 9.97 Å². The molecule has 1 saturated heterocycles. The van der Waals surface area contributed by atoms with Gasteiger partial charge in [-0.25, -0.2) is 9.97 Å². The van der Waals surface area contributed by atoms with Crippen molar-refractivity contribution in [2.24, 2.45) is 0 Å². The van der Waals surface area contributed by atoms with E-state index < -0.39 is 0 Å². The highest BCUT2D eigenvalue weighted by molar-refractivity contribution is 5.97. The van der Waals surface area contributed by atoms with Crippen LogP contribution in [-0.4, -0.2) is 34.1 Å². The third kappa shape index (κ3) is 3.06. The lowest BCUT2D eigenvalue weighted by Gasteiger charge is -2.20. The molecule has 0 atom stereocenters. The molecule has 0 saturated carbocycles. The average Bonchev–Trinajstić information content (AvgIpc) is 3.15. The van der Waals surface area contributed by atoms with Gasteiger partial charge in [0.15, 0.2) is 5.82 Å². The maximum atomic E-state index is 11.4. The summed E-state index contributed by atoms with van der Waals surface area (Å²) < 4.78 is 0. The zero-order valence-corrected chi connectivity index (χ0v) is 14.6. The Labute approximate surface area is 151 Å². The summed E-state index contributed by atoms with van der Waals surface area (Å²) >= 11 is 0. The van der Waals surface area contributed by atoms with Crippen molar-refractivity contribution < 1.29 is 9.90 Å². The van der Waals surface area contributed by atoms with Crippen LogP contribution in [0.25, 0.3) is 22.3 Å². The largest absolute Gasteiger partial charge is 0.507 e. The quantitative estimate of drug-likeness (QED) is 0.757. The van der Waals surface area contributed by atoms with Gasteiger partial charge in [0.2, 0.25) is 5.91 Å². The Kier molecular flexibility index (Phi) is 4.16. The van der Waals surface area contributed by atoms with Crippen LogP contribution in [0.2, 0.25) is 0 Å². The summed E-state index contributed by atoms with van der Waals surface area (Å²) in [5, 5.41) is 13.9. The van der Waals surface area contributed by atoms with Crippen molar-refractivity contribution in [2.45, 2.75) is 19.8 Å². The summed E-state index contributed by atoms with van der Waals surface area (Å²) in [6.45, 7) is 3.37. The van der Waals surface area contributed by atoms with Gasteiger partial charge in [-0.15, -0.1) is 0 Å². The number of phenols is 1. The molecule has 26 heavy (non-hydrogen) atoms. The minimum Gasteiger partial charge on any atom is -0.507 e. The molecule has 2 heterocycles. The number of para-hydroxylation sites is 1. The van der Waals surface area contributed by atoms with Gasteiger partial charge in [-0.3, -0.25) is 4.79 Å². The lowest BCUT2D eigenvalue weighted by molar-refractivity contribution is -0.114. The van der Waals surface area contributed by atoms with Crippen LogP contribution in [0.4, 0.5) is 11.5 Å². The molecule has 1 aliphatic heterocycles. The van der Waals surface area contributed by atoms with E-state index in [9.17, 15) is 9.90 Å². The summed E-state index contributed by atoms with van der Waals surface area (Å²) in [5.74, 6) is 1.40. The van der Waals surface area contributed by atoms with Crippen LogP contribution in [0.3, 0.4) is 0 Å². The van der Waals surface area contributed by atoms with Crippen molar-refractivity contribution in [3.05, 3.63) is 42.5 Å². The van der Waals surface area contributed by atoms with E-state index in [1.54, 1.807) is 12.1 Å². The zero-order chi connectivity index (χ0) is 18.1. The summed E-state index contributed by atoms with van der Waals surface area (Å²) in [7, 11) is 0. The van der Waals surface area contributed by atoms with Crippen molar-refractivity contribution in [3.63, 3.8) is 0 Å². The minimum absolute atomic E-state index is 0.112. The Balaban J connectivity index is 1.91. The van der Waals surface area contributed by atoms with Gasteiger partial charge in [0.05, 0.1) is 11.1 Å². The van der Waals surface area contributed by atoms with E-state index in [0.29, 0.717) is 11.4 Å². The predicted octanol–water partition coefficient (Wildman–Crippen LogP) is 3.56. The number of nitrogens with zero attached hydrogens (tertiary/aromatic N) is 3. The minimum atomic E-state index is -0.112. The number of rotatable bonds is 3. The van der Waals surface area contributed by atoms with Crippen LogP contribution in [0, 0.1) is 0 Å². The van der Waals surface area contributed by atoms with Crippen LogP contribution in [-0.2, 0) is 4.79 Å². The SMILES string of the molecule is CC(=O)Nc1ccc2nc(-c3ccccc3O)nc(N3CCCC3)c2c1. The molecule has 3 aromatic rings. The molecule has 4 rings (SSSR count). The van der Waals surface area contributed by atoms with Gasteiger partial charge in [-0.1, -0.05) is 12.1 Å². The fourth-order valence-electron chi connectivity index (χ4n) is 3.35. The third-order valence-corrected chi connectivity index (χ3v) is 4.55. The highest BCUT2D eigenvalue weighted by atomic mass is 16.3. The van der Waals surface area contributed by atoms with E-state index in [1.807, 2.05) is 30.3 Å². The molecule has 1 aliphatic rings. The molecule has 6 nitrogen and oxygen atoms in total. The topological polar surface area (TPSA) is 78.3 Å². The molecule has 2 aromatic carbocycles. The summed E-state index contributed by atoms with van der Waals surface area (Å²) in [5.41, 5.74) is 2.12. The first-order chi connectivity index (χ1) is 12.6. The molecular formula is C20H20N4O2. The average molecular weight is 348 g/mol. The maximum Gasteiger partial charge on any atom is 0.221 e. The first-order valence-corrected chi connectivity index (χ1v) is 8.74. The monoisotopic (exact) mass is 348 g/mol. The number of nitrogens with one attached hydrogen (secondary N) is 1. The van der Waals surface area contributed by atoms with Gasteiger partial charge in [0.25, 0.3) is 0 Å². The molecule has 0 aliphatic carbocycles. The second-order valence-corrected chi connectivity index (χ2v) is 6.50. The number of carbonyl (C=O) groups excluding carboxylic acids is 1. The Morgan fingerprint density at radius 1 is 1.12 bits per heavy atom. The lowest BCUT2D eigenvalue weighted by atomic mass is 10.1. The number of phenolic OH excluding ortho intramolecular Hbond substituents is 1. The Morgan fingerprint density at radius 2 is 1.88 bits per heavy atom. The standard InChI is InChI=1S/C20H20N4O2/c1-13(25)21-14-8-9-17-16(12-14)20(24-10-4-5-11-24)23-19(22-17)15-6-2-3-7-18(15)26/h2-3,6-9,12,26H,4-5,10-11H2,1H3,(H,21,25). The Morgan fingerprint density at radius 3 is 2.62 bits per heavy atom. The third-order valence-electron chi connectivity index (χ3n) is 4.55. The maximum absolute atomic E-state index is 11.4. The lowest BCUT2D eigenvalue weighted by Crippen LogP contribution is -2.20. The summed E-state index contributed by atoms with van der Waals surface area (Å²) in [6.07, 6.45) is 2.26. The molecule has 0 bridgehead atoms. The fourth-order valence-corrected chi connectivity index (χ4v) is 3.35. The van der Waals surface area contributed by atoms with Crippen LogP contribution >= 0.6 is 0 Å². The van der Waals surface area contributed by atoms with Crippen LogP contribution in [0.5, 0.6) is 5.75 Å². The fraction of sp³-hybridized carbons (Fsp3) is 0.250. The number of anilines is 2. The van der Waals surface area contributed by atoms with Gasteiger partial charge < -0.3 is 15.3 Å². The second-order valence-electron chi connectivity index (χ2n) is 6.50. The van der Waals surface area contributed by atoms with E-state index in [1.165, 1.54) is 6.92 Å². The molecule has 6 heteroatoms. The van der Waals surface area contributed by atoms with E-state index in [-0.39, 0.29) is 11.7 Å². The molecule has 1 aromatic heterocycles. The van der Waals surface area contributed by atoms with Crippen molar-refractivity contribution in [3.8, 4) is 17.1 Å². The molecule has 2 N–H and O–H groups in total. The second kappa shape index (κ2) is 6.63. The number of amides is 1. The van der Waals surface area contributed by atoms with E-state index >= 15 is 0 Å². The number of hydrogen-bond donors (Lipinski definition) is 2. The van der Waals surface area contributed by atoms with Crippen LogP contribution < -0.4 is 10.2 Å². The number of fused-ring (bicyclic) bond motifs is 1. The van der Waals surface area contributed by atoms with Crippen molar-refractivity contribution in [1.29, 1.82) is 0 Å². The molecule has 0 radical (unpaired) electrons. The predicted molar refractivity (Wildman–Crippen MR) is 102 cm³/mol. The first kappa shape index (κ1) is 16.3. The summed E-state index contributed by atoms with van der Waals surface area (Å²) in [4.78, 5) is 23.1. The molecule has 0 spiro atoms. The number of aromatic hydroxyl groups is 1. The zero-order valence-electron chi connectivity index (χ0n) is 14.6. The van der Waals surface area contributed by atoms with Crippen molar-refractivity contribution in [2.75, 3.05) is 23.3 Å². The van der Waals surface area contributed by atoms with E-state index in [2.05, 4.69) is 15.2 Å². The van der Waals surface area contributed by atoms with Gasteiger partial charge in [-0.05, 0) is 43.2 Å². The van der Waals surface area contributed by atoms with Gasteiger partial charge in [-0.2, -0.15) is 0 Å². The first-order valence-electron chi connectivity index (χ1n) is 8.74. The highest BCUT2D eigenvalue weighted by Crippen LogP contribution is 2.33. The number of aromatic nitrogens is 2. The van der Waals surface area contributed by atoms with Gasteiger partial charge in [0.1, 0.15) is 11.6 Å². The van der Waals surface area contributed by atoms with E-state index in [4.69, 9.17) is 4.98 Å². The normalized spacial score (nSPS) is 14.0. The smallest absolute Gasteiger partial charge is 0.221 e. The molecule has 1 amide bonds. The van der Waals surface area contributed by atoms with E-state index in [0.717, 1.165) is 48.3 Å². The highest BCUT2D eigenvalue weighted by Gasteiger charge is 2.20. The molecule has 0 unspecified atom stereocenters. The number of benzene rings is 2. The molecular weight excluding hydrogens is 328 g/mol. The molecule has 132 valence electrons. The molecule has 1 fully saturated rings. The summed E-state index contributed by atoms with van der Waals surface area (Å²) in [6, 6.07) is 12.7. The van der Waals surface area contributed by atoms with Crippen molar-refractivity contribution >= 4 is 28.3 Å². The van der Waals surface area contributed by atoms with Gasteiger partial charge >= 0.3 is 0 Å². The Hall–Kier alpha value is -3.15.